The molecule has 10 heteroatoms. The van der Waals surface area contributed by atoms with Gasteiger partial charge in [-0.15, -0.1) is 0 Å². The zero-order chi connectivity index (χ0) is 19.9. The second kappa shape index (κ2) is 6.38. The molecule has 0 fully saturated rings. The van der Waals surface area contributed by atoms with Crippen molar-refractivity contribution in [1.82, 2.24) is 14.1 Å². The highest BCUT2D eigenvalue weighted by Gasteiger charge is 2.30. The first-order chi connectivity index (χ1) is 12.6. The standard InChI is InChI=1S/C17H13F3N4O3/c1-23-13-12(15(26)24(2)16(23)27)7-11(8-21-13)22-14(25)9-4-3-5-10(6-9)17(18,19)20/h3-8H,1-2H3,(H,22,25). The van der Waals surface area contributed by atoms with Crippen molar-refractivity contribution in [3.63, 3.8) is 0 Å². The molecule has 0 unspecified atom stereocenters. The van der Waals surface area contributed by atoms with Gasteiger partial charge < -0.3 is 5.32 Å². The van der Waals surface area contributed by atoms with Crippen molar-refractivity contribution in [1.29, 1.82) is 0 Å². The molecular weight excluding hydrogens is 365 g/mol. The van der Waals surface area contributed by atoms with Crippen molar-refractivity contribution in [2.45, 2.75) is 6.18 Å². The molecule has 0 aliphatic carbocycles. The van der Waals surface area contributed by atoms with E-state index < -0.39 is 28.9 Å². The number of benzene rings is 1. The highest BCUT2D eigenvalue weighted by atomic mass is 19.4. The summed E-state index contributed by atoms with van der Waals surface area (Å²) in [6, 6.07) is 5.27. The molecule has 1 N–H and O–H groups in total. The summed E-state index contributed by atoms with van der Waals surface area (Å²) in [6.45, 7) is 0. The van der Waals surface area contributed by atoms with Crippen LogP contribution in [0.5, 0.6) is 0 Å². The Hall–Kier alpha value is -3.43. The third-order valence-corrected chi connectivity index (χ3v) is 4.00. The van der Waals surface area contributed by atoms with Gasteiger partial charge in [0.15, 0.2) is 0 Å². The van der Waals surface area contributed by atoms with Crippen LogP contribution in [-0.2, 0) is 20.3 Å². The van der Waals surface area contributed by atoms with Crippen LogP contribution in [0, 0.1) is 0 Å². The molecular formula is C17H13F3N4O3. The molecule has 2 aromatic heterocycles. The largest absolute Gasteiger partial charge is 0.416 e. The molecule has 0 aliphatic rings. The number of aryl methyl sites for hydroxylation is 1. The van der Waals surface area contributed by atoms with Gasteiger partial charge in [0, 0.05) is 19.7 Å². The maximum atomic E-state index is 12.8. The molecule has 2 heterocycles. The smallest absolute Gasteiger partial charge is 0.321 e. The molecule has 0 aliphatic heterocycles. The van der Waals surface area contributed by atoms with Gasteiger partial charge >= 0.3 is 11.9 Å². The monoisotopic (exact) mass is 378 g/mol. The lowest BCUT2D eigenvalue weighted by molar-refractivity contribution is -0.137. The minimum absolute atomic E-state index is 0.0847. The molecule has 3 rings (SSSR count). The normalized spacial score (nSPS) is 11.6. The zero-order valence-corrected chi connectivity index (χ0v) is 14.2. The topological polar surface area (TPSA) is 86.0 Å². The number of anilines is 1. The Morgan fingerprint density at radius 3 is 2.48 bits per heavy atom. The number of hydrogen-bond acceptors (Lipinski definition) is 4. The Labute approximate surface area is 149 Å². The molecule has 0 radical (unpaired) electrons. The van der Waals surface area contributed by atoms with Gasteiger partial charge in [-0.05, 0) is 24.3 Å². The second-order valence-corrected chi connectivity index (χ2v) is 5.83. The van der Waals surface area contributed by atoms with E-state index in [1.165, 1.54) is 37.0 Å². The van der Waals surface area contributed by atoms with Crippen molar-refractivity contribution in [2.75, 3.05) is 5.32 Å². The predicted octanol–water partition coefficient (Wildman–Crippen LogP) is 1.90. The van der Waals surface area contributed by atoms with Gasteiger partial charge in [0.2, 0.25) is 0 Å². The molecule has 0 saturated heterocycles. The van der Waals surface area contributed by atoms with Crippen molar-refractivity contribution in [2.24, 2.45) is 14.1 Å². The van der Waals surface area contributed by atoms with Gasteiger partial charge in [-0.3, -0.25) is 18.7 Å². The maximum Gasteiger partial charge on any atom is 0.416 e. The molecule has 0 spiro atoms. The van der Waals surface area contributed by atoms with E-state index in [1.807, 2.05) is 0 Å². The van der Waals surface area contributed by atoms with E-state index in [-0.39, 0.29) is 22.3 Å². The molecule has 0 saturated carbocycles. The van der Waals surface area contributed by atoms with Gasteiger partial charge in [-0.25, -0.2) is 9.78 Å². The van der Waals surface area contributed by atoms with Crippen molar-refractivity contribution in [3.05, 3.63) is 68.5 Å². The fourth-order valence-corrected chi connectivity index (χ4v) is 2.57. The minimum atomic E-state index is -4.57. The van der Waals surface area contributed by atoms with Crippen LogP contribution in [0.2, 0.25) is 0 Å². The third kappa shape index (κ3) is 3.33. The Morgan fingerprint density at radius 2 is 1.81 bits per heavy atom. The molecule has 140 valence electrons. The van der Waals surface area contributed by atoms with E-state index >= 15 is 0 Å². The number of aromatic nitrogens is 3. The number of nitrogens with zero attached hydrogens (tertiary/aromatic N) is 3. The van der Waals surface area contributed by atoms with Crippen molar-refractivity contribution >= 4 is 22.6 Å². The number of pyridine rings is 1. The van der Waals surface area contributed by atoms with Crippen LogP contribution in [0.1, 0.15) is 15.9 Å². The van der Waals surface area contributed by atoms with E-state index in [9.17, 15) is 27.6 Å². The van der Waals surface area contributed by atoms with Gasteiger partial charge in [-0.2, -0.15) is 13.2 Å². The van der Waals surface area contributed by atoms with Gasteiger partial charge in [-0.1, -0.05) is 6.07 Å². The first-order valence-electron chi connectivity index (χ1n) is 7.64. The van der Waals surface area contributed by atoms with Crippen LogP contribution < -0.4 is 16.6 Å². The van der Waals surface area contributed by atoms with E-state index in [1.54, 1.807) is 0 Å². The Morgan fingerprint density at radius 1 is 1.11 bits per heavy atom. The Kier molecular flexibility index (Phi) is 4.34. The van der Waals surface area contributed by atoms with Crippen LogP contribution in [0.3, 0.4) is 0 Å². The average molecular weight is 378 g/mol. The predicted molar refractivity (Wildman–Crippen MR) is 91.6 cm³/mol. The molecule has 1 aromatic carbocycles. The first-order valence-corrected chi connectivity index (χ1v) is 7.64. The van der Waals surface area contributed by atoms with Gasteiger partial charge in [0.1, 0.15) is 5.65 Å². The van der Waals surface area contributed by atoms with Crippen LogP contribution in [-0.4, -0.2) is 20.0 Å². The van der Waals surface area contributed by atoms with E-state index in [0.29, 0.717) is 0 Å². The third-order valence-electron chi connectivity index (χ3n) is 4.00. The number of hydrogen-bond donors (Lipinski definition) is 1. The van der Waals surface area contributed by atoms with Crippen LogP contribution in [0.25, 0.3) is 11.0 Å². The number of alkyl halides is 3. The Balaban J connectivity index is 1.99. The van der Waals surface area contributed by atoms with E-state index in [0.717, 1.165) is 22.8 Å². The lowest BCUT2D eigenvalue weighted by Crippen LogP contribution is -2.37. The lowest BCUT2D eigenvalue weighted by Gasteiger charge is -2.10. The molecule has 0 bridgehead atoms. The van der Waals surface area contributed by atoms with Gasteiger partial charge in [0.25, 0.3) is 11.5 Å². The molecule has 27 heavy (non-hydrogen) atoms. The summed E-state index contributed by atoms with van der Waals surface area (Å²) < 4.78 is 40.4. The quantitative estimate of drug-likeness (QED) is 0.738. The number of nitrogens with one attached hydrogen (secondary N) is 1. The maximum absolute atomic E-state index is 12.8. The number of amides is 1. The lowest BCUT2D eigenvalue weighted by atomic mass is 10.1. The van der Waals surface area contributed by atoms with E-state index in [4.69, 9.17) is 0 Å². The van der Waals surface area contributed by atoms with Crippen LogP contribution >= 0.6 is 0 Å². The highest BCUT2D eigenvalue weighted by molar-refractivity contribution is 6.04. The number of carbonyl (C=O) groups excluding carboxylic acids is 1. The minimum Gasteiger partial charge on any atom is -0.321 e. The summed E-state index contributed by atoms with van der Waals surface area (Å²) in [5.74, 6) is -0.788. The molecule has 0 atom stereocenters. The van der Waals surface area contributed by atoms with E-state index in [2.05, 4.69) is 10.3 Å². The molecule has 1 amide bonds. The number of rotatable bonds is 2. The zero-order valence-electron chi connectivity index (χ0n) is 14.2. The van der Waals surface area contributed by atoms with Crippen LogP contribution in [0.15, 0.2) is 46.1 Å². The van der Waals surface area contributed by atoms with Crippen molar-refractivity contribution < 1.29 is 18.0 Å². The van der Waals surface area contributed by atoms with Gasteiger partial charge in [0.05, 0.1) is 22.8 Å². The number of halogens is 3. The first kappa shape index (κ1) is 18.4. The average Bonchev–Trinajstić information content (AvgIpc) is 2.64. The Bertz CT molecular complexity index is 1180. The second-order valence-electron chi connectivity index (χ2n) is 5.83. The fourth-order valence-electron chi connectivity index (χ4n) is 2.57. The molecule has 3 aromatic rings. The summed E-state index contributed by atoms with van der Waals surface area (Å²) >= 11 is 0. The number of carbonyl (C=O) groups is 1. The fraction of sp³-hybridized carbons (Fsp3) is 0.176. The summed E-state index contributed by atoms with van der Waals surface area (Å²) in [6.07, 6.45) is -3.36. The van der Waals surface area contributed by atoms with Crippen LogP contribution in [0.4, 0.5) is 18.9 Å². The summed E-state index contributed by atoms with van der Waals surface area (Å²) in [7, 11) is 2.75. The summed E-state index contributed by atoms with van der Waals surface area (Å²) in [5, 5.41) is 2.49. The molecule has 7 nitrogen and oxygen atoms in total. The van der Waals surface area contributed by atoms with Crippen molar-refractivity contribution in [3.8, 4) is 0 Å². The summed E-state index contributed by atoms with van der Waals surface area (Å²) in [5.41, 5.74) is -2.06. The summed E-state index contributed by atoms with van der Waals surface area (Å²) in [4.78, 5) is 40.4. The number of fused-ring (bicyclic) bond motifs is 1. The highest BCUT2D eigenvalue weighted by Crippen LogP contribution is 2.29. The SMILES string of the molecule is Cn1c(=O)c2cc(NC(=O)c3cccc(C(F)(F)F)c3)cnc2n(C)c1=O.